The Labute approximate surface area is 160 Å². The summed E-state index contributed by atoms with van der Waals surface area (Å²) in [5.41, 5.74) is -1.74. The smallest absolute Gasteiger partial charge is 0.481 e. The topological polar surface area (TPSA) is 118 Å². The summed E-state index contributed by atoms with van der Waals surface area (Å²) in [6.45, 7) is 4.10. The summed E-state index contributed by atoms with van der Waals surface area (Å²) in [5.74, 6) is -4.80. The Bertz CT molecular complexity index is 776. The van der Waals surface area contributed by atoms with E-state index in [0.29, 0.717) is 6.42 Å². The van der Waals surface area contributed by atoms with Crippen LogP contribution in [-0.4, -0.2) is 61.0 Å². The van der Waals surface area contributed by atoms with Crippen LogP contribution in [0.5, 0.6) is 0 Å². The fourth-order valence-corrected chi connectivity index (χ4v) is 5.82. The van der Waals surface area contributed by atoms with Crippen LogP contribution in [0.3, 0.4) is 0 Å². The average molecular weight is 394 g/mol. The van der Waals surface area contributed by atoms with Crippen LogP contribution < -0.4 is 0 Å². The molecule has 9 heteroatoms. The minimum absolute atomic E-state index is 0.00883. The van der Waals surface area contributed by atoms with E-state index in [-0.39, 0.29) is 25.7 Å². The molecule has 2 aliphatic carbocycles. The van der Waals surface area contributed by atoms with Gasteiger partial charge in [0, 0.05) is 12.3 Å². The lowest BCUT2D eigenvalue weighted by molar-refractivity contribution is -0.338. The van der Waals surface area contributed by atoms with E-state index in [1.54, 1.807) is 19.9 Å². The molecule has 0 radical (unpaired) electrons. The monoisotopic (exact) mass is 394 g/mol. The van der Waals surface area contributed by atoms with Gasteiger partial charge in [-0.05, 0) is 13.8 Å². The van der Waals surface area contributed by atoms with Crippen LogP contribution in [0, 0.1) is 28.6 Å². The highest BCUT2D eigenvalue weighted by atomic mass is 16.7. The zero-order valence-corrected chi connectivity index (χ0v) is 15.6. The number of hydrogen-bond donors (Lipinski definition) is 1. The minimum Gasteiger partial charge on any atom is -0.481 e. The van der Waals surface area contributed by atoms with Crippen LogP contribution in [0.25, 0.3) is 0 Å². The Kier molecular flexibility index (Phi) is 3.51. The van der Waals surface area contributed by atoms with Gasteiger partial charge < -0.3 is 28.8 Å². The fourth-order valence-electron chi connectivity index (χ4n) is 5.82. The second kappa shape index (κ2) is 5.48. The SMILES string of the molecule is CC1(C)OCC2(CO1)[C@H]1C[C@H](OC(=O)O1)[C@]13COC(=O)[C@H]1C(C(=O)O)C=C[C@@H]23. The van der Waals surface area contributed by atoms with Crippen LogP contribution >= 0.6 is 0 Å². The van der Waals surface area contributed by atoms with E-state index in [9.17, 15) is 19.5 Å². The van der Waals surface area contributed by atoms with Crippen molar-refractivity contribution >= 4 is 18.1 Å². The zero-order chi connectivity index (χ0) is 19.9. The molecule has 6 atom stereocenters. The third-order valence-corrected chi connectivity index (χ3v) is 7.17. The van der Waals surface area contributed by atoms with E-state index < -0.39 is 58.8 Å². The summed E-state index contributed by atoms with van der Waals surface area (Å²) in [4.78, 5) is 36.7. The van der Waals surface area contributed by atoms with Crippen molar-refractivity contribution in [3.63, 3.8) is 0 Å². The summed E-state index contributed by atoms with van der Waals surface area (Å²) in [6.07, 6.45) is 1.68. The quantitative estimate of drug-likeness (QED) is 0.515. The highest BCUT2D eigenvalue weighted by Crippen LogP contribution is 2.65. The molecule has 5 aliphatic rings. The van der Waals surface area contributed by atoms with Crippen molar-refractivity contribution in [2.24, 2.45) is 28.6 Å². The lowest BCUT2D eigenvalue weighted by Crippen LogP contribution is -2.71. The van der Waals surface area contributed by atoms with E-state index in [0.717, 1.165) is 0 Å². The fraction of sp³-hybridized carbons (Fsp3) is 0.737. The first-order valence-electron chi connectivity index (χ1n) is 9.43. The Balaban J connectivity index is 1.67. The van der Waals surface area contributed by atoms with Crippen molar-refractivity contribution in [3.8, 4) is 0 Å². The Hall–Kier alpha value is -2.13. The maximum Gasteiger partial charge on any atom is 0.508 e. The van der Waals surface area contributed by atoms with Crippen LogP contribution in [0.2, 0.25) is 0 Å². The molecular weight excluding hydrogens is 372 g/mol. The molecule has 0 aromatic carbocycles. The first kappa shape index (κ1) is 17.9. The van der Waals surface area contributed by atoms with Crippen LogP contribution in [0.4, 0.5) is 4.79 Å². The predicted octanol–water partition coefficient (Wildman–Crippen LogP) is 1.11. The van der Waals surface area contributed by atoms with Crippen molar-refractivity contribution in [3.05, 3.63) is 12.2 Å². The van der Waals surface area contributed by atoms with Crippen molar-refractivity contribution in [2.75, 3.05) is 19.8 Å². The summed E-state index contributed by atoms with van der Waals surface area (Å²) in [6, 6.07) is 0. The van der Waals surface area contributed by atoms with Gasteiger partial charge in [-0.3, -0.25) is 9.59 Å². The second-order valence-electron chi connectivity index (χ2n) is 8.83. The van der Waals surface area contributed by atoms with Gasteiger partial charge in [-0.15, -0.1) is 0 Å². The number of cyclic esters (lactones) is 1. The number of esters is 1. The normalized spacial score (nSPS) is 44.7. The molecule has 2 spiro atoms. The molecule has 3 heterocycles. The van der Waals surface area contributed by atoms with Gasteiger partial charge in [0.25, 0.3) is 0 Å². The highest BCUT2D eigenvalue weighted by molar-refractivity contribution is 5.85. The van der Waals surface area contributed by atoms with Gasteiger partial charge >= 0.3 is 18.1 Å². The van der Waals surface area contributed by atoms with Gasteiger partial charge in [-0.2, -0.15) is 0 Å². The van der Waals surface area contributed by atoms with Crippen LogP contribution in [0.15, 0.2) is 12.2 Å². The molecule has 4 fully saturated rings. The zero-order valence-electron chi connectivity index (χ0n) is 15.6. The Morgan fingerprint density at radius 2 is 1.75 bits per heavy atom. The second-order valence-corrected chi connectivity index (χ2v) is 8.83. The number of ether oxygens (including phenoxy) is 5. The van der Waals surface area contributed by atoms with Gasteiger partial charge in [0.05, 0.1) is 35.9 Å². The average Bonchev–Trinajstić information content (AvgIpc) is 2.99. The van der Waals surface area contributed by atoms with Gasteiger partial charge in [0.15, 0.2) is 5.79 Å². The number of allylic oxidation sites excluding steroid dienone is 1. The molecule has 1 saturated carbocycles. The molecule has 0 aromatic rings. The number of carbonyl (C=O) groups is 3. The molecule has 152 valence electrons. The first-order valence-corrected chi connectivity index (χ1v) is 9.43. The lowest BCUT2D eigenvalue weighted by Gasteiger charge is -2.62. The van der Waals surface area contributed by atoms with Crippen LogP contribution in [-0.2, 0) is 33.3 Å². The summed E-state index contributed by atoms with van der Waals surface area (Å²) in [5, 5.41) is 9.70. The van der Waals surface area contributed by atoms with Crippen molar-refractivity contribution < 1.29 is 43.2 Å². The van der Waals surface area contributed by atoms with Crippen LogP contribution in [0.1, 0.15) is 20.3 Å². The van der Waals surface area contributed by atoms with E-state index in [2.05, 4.69) is 0 Å². The number of carboxylic acid groups (broad SMARTS) is 1. The standard InChI is InChI=1S/C19H22O9/c1-17(2)25-6-18(7-26-17)10-4-3-9(14(20)21)13-15(22)24-8-19(10,13)12-5-11(18)27-16(23)28-12/h3-4,9-13H,5-8H2,1-2H3,(H,20,21)/t9?,10-,11+,12-,13+,19+/m0/s1. The third kappa shape index (κ3) is 2.11. The maximum atomic E-state index is 12.6. The summed E-state index contributed by atoms with van der Waals surface area (Å²) >= 11 is 0. The number of fused-ring (bicyclic) bond motifs is 4. The molecule has 2 bridgehead atoms. The van der Waals surface area contributed by atoms with Crippen molar-refractivity contribution in [1.82, 2.24) is 0 Å². The first-order chi connectivity index (χ1) is 13.2. The lowest BCUT2D eigenvalue weighted by atomic mass is 9.46. The van der Waals surface area contributed by atoms with Crippen molar-refractivity contribution in [1.29, 1.82) is 0 Å². The molecule has 9 nitrogen and oxygen atoms in total. The minimum atomic E-state index is -1.11. The highest BCUT2D eigenvalue weighted by Gasteiger charge is 2.75. The van der Waals surface area contributed by atoms with Gasteiger partial charge in [0.1, 0.15) is 18.8 Å². The summed E-state index contributed by atoms with van der Waals surface area (Å²) in [7, 11) is 0. The van der Waals surface area contributed by atoms with Gasteiger partial charge in [-0.25, -0.2) is 4.79 Å². The molecule has 0 aromatic heterocycles. The van der Waals surface area contributed by atoms with E-state index in [1.165, 1.54) is 0 Å². The van der Waals surface area contributed by atoms with Gasteiger partial charge in [0.2, 0.25) is 0 Å². The summed E-state index contributed by atoms with van der Waals surface area (Å²) < 4.78 is 28.3. The molecule has 1 unspecified atom stereocenters. The molecule has 5 rings (SSSR count). The molecule has 3 saturated heterocycles. The molecular formula is C19H22O9. The van der Waals surface area contributed by atoms with E-state index >= 15 is 0 Å². The third-order valence-electron chi connectivity index (χ3n) is 7.17. The largest absolute Gasteiger partial charge is 0.508 e. The molecule has 0 amide bonds. The number of aliphatic carboxylic acids is 1. The molecule has 28 heavy (non-hydrogen) atoms. The maximum absolute atomic E-state index is 12.6. The van der Waals surface area contributed by atoms with E-state index in [4.69, 9.17) is 23.7 Å². The number of hydrogen-bond acceptors (Lipinski definition) is 8. The van der Waals surface area contributed by atoms with Crippen molar-refractivity contribution in [2.45, 2.75) is 38.3 Å². The van der Waals surface area contributed by atoms with E-state index in [1.807, 2.05) is 6.08 Å². The number of rotatable bonds is 1. The Morgan fingerprint density at radius 1 is 1.07 bits per heavy atom. The predicted molar refractivity (Wildman–Crippen MR) is 88.8 cm³/mol. The number of carbonyl (C=O) groups excluding carboxylic acids is 2. The molecule has 1 N–H and O–H groups in total. The molecule has 3 aliphatic heterocycles. The number of carboxylic acids is 1. The van der Waals surface area contributed by atoms with Gasteiger partial charge in [-0.1, -0.05) is 12.2 Å². The Morgan fingerprint density at radius 3 is 2.43 bits per heavy atom.